The predicted octanol–water partition coefficient (Wildman–Crippen LogP) is 2.49. The van der Waals surface area contributed by atoms with Gasteiger partial charge < -0.3 is 10.0 Å². The van der Waals surface area contributed by atoms with Gasteiger partial charge in [-0.25, -0.2) is 0 Å². The monoisotopic (exact) mass is 239 g/mol. The zero-order valence-electron chi connectivity index (χ0n) is 11.1. The van der Waals surface area contributed by atoms with Crippen molar-refractivity contribution >= 4 is 5.91 Å². The van der Waals surface area contributed by atoms with Gasteiger partial charge >= 0.3 is 0 Å². The van der Waals surface area contributed by atoms with E-state index < -0.39 is 0 Å². The zero-order chi connectivity index (χ0) is 12.7. The van der Waals surface area contributed by atoms with Crippen molar-refractivity contribution in [2.45, 2.75) is 64.5 Å². The molecule has 0 aromatic carbocycles. The Hall–Kier alpha value is -0.830. The van der Waals surface area contributed by atoms with Gasteiger partial charge in [-0.2, -0.15) is 0 Å². The molecule has 1 heterocycles. The molecule has 3 heteroatoms. The van der Waals surface area contributed by atoms with Crippen LogP contribution in [0.2, 0.25) is 0 Å². The second-order valence-corrected chi connectivity index (χ2v) is 4.73. The van der Waals surface area contributed by atoms with E-state index in [-0.39, 0.29) is 18.1 Å². The number of hydrogen-bond donors (Lipinski definition) is 1. The molecule has 0 bridgehead atoms. The minimum atomic E-state index is -0.351. The number of likely N-dealkylation sites (N-methyl/N-ethyl adjacent to an activating group) is 1. The Balaban J connectivity index is 2.34. The standard InChI is InChI=1S/C14H25NO2/c1-3-5-6-7-13(16)10-8-12-9-11-14(17)15(12)4-2/h8,10,12-13,16H,3-7,9,11H2,1-2H3/b10-8+/t12-,13-/m0/s1. The van der Waals surface area contributed by atoms with E-state index in [0.717, 1.165) is 25.8 Å². The molecule has 0 spiro atoms. The van der Waals surface area contributed by atoms with Gasteiger partial charge in [0.05, 0.1) is 12.1 Å². The number of aliphatic hydroxyl groups is 1. The Kier molecular flexibility index (Phi) is 6.27. The molecule has 1 saturated heterocycles. The van der Waals surface area contributed by atoms with Gasteiger partial charge in [0.1, 0.15) is 0 Å². The van der Waals surface area contributed by atoms with E-state index in [9.17, 15) is 9.90 Å². The topological polar surface area (TPSA) is 40.5 Å². The summed E-state index contributed by atoms with van der Waals surface area (Å²) in [6, 6.07) is 0.202. The van der Waals surface area contributed by atoms with Gasteiger partial charge in [0, 0.05) is 13.0 Å². The number of amides is 1. The van der Waals surface area contributed by atoms with Crippen LogP contribution in [0.15, 0.2) is 12.2 Å². The van der Waals surface area contributed by atoms with Gasteiger partial charge in [0.2, 0.25) is 5.91 Å². The minimum Gasteiger partial charge on any atom is -0.389 e. The Bertz CT molecular complexity index is 263. The Labute approximate surface area is 105 Å². The molecule has 0 unspecified atom stereocenters. The molecule has 1 aliphatic rings. The quantitative estimate of drug-likeness (QED) is 0.548. The van der Waals surface area contributed by atoms with Crippen LogP contribution in [0.25, 0.3) is 0 Å². The summed E-state index contributed by atoms with van der Waals surface area (Å²) in [5, 5.41) is 9.77. The molecule has 0 saturated carbocycles. The van der Waals surface area contributed by atoms with Crippen LogP contribution in [0.5, 0.6) is 0 Å². The number of hydrogen-bond acceptors (Lipinski definition) is 2. The minimum absolute atomic E-state index is 0.202. The molecule has 98 valence electrons. The number of carbonyl (C=O) groups excluding carboxylic acids is 1. The summed E-state index contributed by atoms with van der Waals surface area (Å²) in [7, 11) is 0. The van der Waals surface area contributed by atoms with Gasteiger partial charge in [-0.05, 0) is 19.8 Å². The summed E-state index contributed by atoms with van der Waals surface area (Å²) in [5.41, 5.74) is 0. The molecule has 1 aliphatic heterocycles. The van der Waals surface area contributed by atoms with E-state index in [0.29, 0.717) is 6.42 Å². The van der Waals surface area contributed by atoms with E-state index in [1.165, 1.54) is 12.8 Å². The lowest BCUT2D eigenvalue weighted by Crippen LogP contribution is -2.31. The van der Waals surface area contributed by atoms with E-state index in [2.05, 4.69) is 6.92 Å². The maximum atomic E-state index is 11.5. The largest absolute Gasteiger partial charge is 0.389 e. The first kappa shape index (κ1) is 14.2. The van der Waals surface area contributed by atoms with Crippen molar-refractivity contribution in [1.29, 1.82) is 0 Å². The summed E-state index contributed by atoms with van der Waals surface area (Å²) in [6.45, 7) is 4.92. The van der Waals surface area contributed by atoms with Gasteiger partial charge in [-0.3, -0.25) is 4.79 Å². The van der Waals surface area contributed by atoms with Crippen molar-refractivity contribution in [2.75, 3.05) is 6.54 Å². The molecule has 0 aliphatic carbocycles. The van der Waals surface area contributed by atoms with Crippen LogP contribution in [0.1, 0.15) is 52.4 Å². The second kappa shape index (κ2) is 7.49. The molecular formula is C14H25NO2. The van der Waals surface area contributed by atoms with Crippen molar-refractivity contribution < 1.29 is 9.90 Å². The summed E-state index contributed by atoms with van der Waals surface area (Å²) < 4.78 is 0. The van der Waals surface area contributed by atoms with Crippen molar-refractivity contribution in [3.8, 4) is 0 Å². The molecular weight excluding hydrogens is 214 g/mol. The van der Waals surface area contributed by atoms with Crippen molar-refractivity contribution in [3.63, 3.8) is 0 Å². The fourth-order valence-corrected chi connectivity index (χ4v) is 2.32. The molecule has 3 nitrogen and oxygen atoms in total. The molecule has 1 rings (SSSR count). The van der Waals surface area contributed by atoms with Crippen LogP contribution >= 0.6 is 0 Å². The third-order valence-corrected chi connectivity index (χ3v) is 3.37. The van der Waals surface area contributed by atoms with Crippen LogP contribution in [0.4, 0.5) is 0 Å². The van der Waals surface area contributed by atoms with Crippen molar-refractivity contribution in [2.24, 2.45) is 0 Å². The highest BCUT2D eigenvalue weighted by Crippen LogP contribution is 2.19. The molecule has 17 heavy (non-hydrogen) atoms. The number of likely N-dealkylation sites (tertiary alicyclic amines) is 1. The lowest BCUT2D eigenvalue weighted by atomic mass is 10.1. The summed E-state index contributed by atoms with van der Waals surface area (Å²) >= 11 is 0. The first-order valence-electron chi connectivity index (χ1n) is 6.84. The first-order chi connectivity index (χ1) is 8.19. The lowest BCUT2D eigenvalue weighted by molar-refractivity contribution is -0.128. The molecule has 0 aromatic rings. The predicted molar refractivity (Wildman–Crippen MR) is 69.7 cm³/mol. The highest BCUT2D eigenvalue weighted by molar-refractivity contribution is 5.79. The van der Waals surface area contributed by atoms with Crippen LogP contribution in [0, 0.1) is 0 Å². The normalized spacial score (nSPS) is 22.6. The fourth-order valence-electron chi connectivity index (χ4n) is 2.32. The maximum Gasteiger partial charge on any atom is 0.223 e. The molecule has 1 N–H and O–H groups in total. The first-order valence-corrected chi connectivity index (χ1v) is 6.84. The lowest BCUT2D eigenvalue weighted by Gasteiger charge is -2.20. The summed E-state index contributed by atoms with van der Waals surface area (Å²) in [4.78, 5) is 13.4. The van der Waals surface area contributed by atoms with E-state index in [1.807, 2.05) is 24.0 Å². The molecule has 1 amide bonds. The van der Waals surface area contributed by atoms with Gasteiger partial charge in [0.25, 0.3) is 0 Å². The maximum absolute atomic E-state index is 11.5. The molecule has 0 radical (unpaired) electrons. The molecule has 0 aromatic heterocycles. The van der Waals surface area contributed by atoms with Crippen LogP contribution in [-0.4, -0.2) is 34.6 Å². The van der Waals surface area contributed by atoms with Crippen molar-refractivity contribution in [1.82, 2.24) is 4.90 Å². The van der Waals surface area contributed by atoms with Gasteiger partial charge in [-0.1, -0.05) is 38.3 Å². The average molecular weight is 239 g/mol. The number of unbranched alkanes of at least 4 members (excludes halogenated alkanes) is 2. The third kappa shape index (κ3) is 4.50. The van der Waals surface area contributed by atoms with Crippen LogP contribution < -0.4 is 0 Å². The Morgan fingerprint density at radius 3 is 2.88 bits per heavy atom. The summed E-state index contributed by atoms with van der Waals surface area (Å²) in [6.07, 6.45) is 9.31. The van der Waals surface area contributed by atoms with E-state index >= 15 is 0 Å². The zero-order valence-corrected chi connectivity index (χ0v) is 11.1. The SMILES string of the molecule is CCCCC[C@H](O)/C=C/[C@H]1CCC(=O)N1CC. The third-order valence-electron chi connectivity index (χ3n) is 3.37. The fraction of sp³-hybridized carbons (Fsp3) is 0.786. The number of aliphatic hydroxyl groups excluding tert-OH is 1. The highest BCUT2D eigenvalue weighted by Gasteiger charge is 2.27. The van der Waals surface area contributed by atoms with Crippen LogP contribution in [-0.2, 0) is 4.79 Å². The second-order valence-electron chi connectivity index (χ2n) is 4.73. The summed E-state index contributed by atoms with van der Waals surface area (Å²) in [5.74, 6) is 0.239. The number of carbonyl (C=O) groups is 1. The Morgan fingerprint density at radius 1 is 1.47 bits per heavy atom. The average Bonchev–Trinajstić information content (AvgIpc) is 2.67. The number of nitrogens with zero attached hydrogens (tertiary/aromatic N) is 1. The van der Waals surface area contributed by atoms with Crippen LogP contribution in [0.3, 0.4) is 0 Å². The number of rotatable bonds is 7. The van der Waals surface area contributed by atoms with Gasteiger partial charge in [-0.15, -0.1) is 0 Å². The molecule has 1 fully saturated rings. The van der Waals surface area contributed by atoms with Gasteiger partial charge in [0.15, 0.2) is 0 Å². The molecule has 2 atom stereocenters. The van der Waals surface area contributed by atoms with Crippen molar-refractivity contribution in [3.05, 3.63) is 12.2 Å². The van der Waals surface area contributed by atoms with E-state index in [1.54, 1.807) is 0 Å². The Morgan fingerprint density at radius 2 is 2.24 bits per heavy atom. The highest BCUT2D eigenvalue weighted by atomic mass is 16.3. The smallest absolute Gasteiger partial charge is 0.223 e. The van der Waals surface area contributed by atoms with E-state index in [4.69, 9.17) is 0 Å².